The van der Waals surface area contributed by atoms with Crippen LogP contribution in [0.3, 0.4) is 0 Å². The molecule has 1 N–H and O–H groups in total. The van der Waals surface area contributed by atoms with Gasteiger partial charge in [0, 0.05) is 30.0 Å². The molecule has 0 saturated carbocycles. The van der Waals surface area contributed by atoms with Crippen LogP contribution in [0.5, 0.6) is 0 Å². The summed E-state index contributed by atoms with van der Waals surface area (Å²) in [5.74, 6) is -0.265. The highest BCUT2D eigenvalue weighted by Crippen LogP contribution is 2.18. The van der Waals surface area contributed by atoms with E-state index in [9.17, 15) is 13.2 Å². The Kier molecular flexibility index (Phi) is 6.74. The van der Waals surface area contributed by atoms with Crippen LogP contribution >= 0.6 is 10.7 Å². The summed E-state index contributed by atoms with van der Waals surface area (Å²) in [6, 6.07) is 1.42. The van der Waals surface area contributed by atoms with Crippen LogP contribution < -0.4 is 5.32 Å². The Hall–Kier alpha value is -1.01. The average molecular weight is 335 g/mol. The highest BCUT2D eigenvalue weighted by molar-refractivity contribution is 8.13. The van der Waals surface area contributed by atoms with E-state index in [1.54, 1.807) is 7.05 Å². The zero-order valence-corrected chi connectivity index (χ0v) is 14.3. The number of aromatic nitrogens is 1. The number of hydrogen-bond donors (Lipinski definition) is 1. The number of hydrogen-bond acceptors (Lipinski definition) is 3. The summed E-state index contributed by atoms with van der Waals surface area (Å²) in [6.07, 6.45) is 6.31. The molecule has 0 fully saturated rings. The average Bonchev–Trinajstić information content (AvgIpc) is 2.78. The van der Waals surface area contributed by atoms with Crippen LogP contribution in [0.2, 0.25) is 0 Å². The van der Waals surface area contributed by atoms with E-state index < -0.39 is 9.05 Å². The molecule has 5 nitrogen and oxygen atoms in total. The molecule has 0 spiro atoms. The van der Waals surface area contributed by atoms with Crippen LogP contribution in [-0.2, 0) is 16.1 Å². The third-order valence-electron chi connectivity index (χ3n) is 3.37. The fourth-order valence-electron chi connectivity index (χ4n) is 2.24. The maximum atomic E-state index is 12.3. The van der Waals surface area contributed by atoms with E-state index in [-0.39, 0.29) is 16.8 Å². The molecule has 120 valence electrons. The van der Waals surface area contributed by atoms with Crippen molar-refractivity contribution in [1.82, 2.24) is 9.88 Å². The molecular weight excluding hydrogens is 312 g/mol. The van der Waals surface area contributed by atoms with Gasteiger partial charge in [-0.15, -0.1) is 0 Å². The second-order valence-corrected chi connectivity index (χ2v) is 7.78. The van der Waals surface area contributed by atoms with Crippen molar-refractivity contribution in [2.45, 2.75) is 56.9 Å². The first kappa shape index (κ1) is 18.0. The van der Waals surface area contributed by atoms with Crippen LogP contribution in [0.15, 0.2) is 17.2 Å². The van der Waals surface area contributed by atoms with Gasteiger partial charge < -0.3 is 9.88 Å². The predicted octanol–water partition coefficient (Wildman–Crippen LogP) is 3.04. The number of halogens is 1. The van der Waals surface area contributed by atoms with Crippen molar-refractivity contribution in [3.63, 3.8) is 0 Å². The van der Waals surface area contributed by atoms with Crippen molar-refractivity contribution >= 4 is 25.6 Å². The van der Waals surface area contributed by atoms with E-state index in [4.69, 9.17) is 10.7 Å². The summed E-state index contributed by atoms with van der Waals surface area (Å²) >= 11 is 0. The topological polar surface area (TPSA) is 68.2 Å². The smallest absolute Gasteiger partial charge is 0.268 e. The van der Waals surface area contributed by atoms with Crippen LogP contribution in [0, 0.1) is 0 Å². The first-order chi connectivity index (χ1) is 9.79. The van der Waals surface area contributed by atoms with Gasteiger partial charge >= 0.3 is 0 Å². The predicted molar refractivity (Wildman–Crippen MR) is 84.1 cm³/mol. The quantitative estimate of drug-likeness (QED) is 0.743. The molecule has 1 aromatic heterocycles. The SMILES string of the molecule is CCCCC(CCC)NC(=O)c1cc(S(=O)(=O)Cl)cn1C. The second kappa shape index (κ2) is 7.84. The lowest BCUT2D eigenvalue weighted by molar-refractivity contribution is 0.0924. The molecule has 1 heterocycles. The van der Waals surface area contributed by atoms with E-state index in [1.165, 1.54) is 16.8 Å². The van der Waals surface area contributed by atoms with Gasteiger partial charge in [-0.1, -0.05) is 33.1 Å². The number of aryl methyl sites for hydroxylation is 1. The Bertz CT molecular complexity index is 581. The van der Waals surface area contributed by atoms with Gasteiger partial charge in [0.05, 0.1) is 0 Å². The van der Waals surface area contributed by atoms with Crippen molar-refractivity contribution < 1.29 is 13.2 Å². The Labute approximate surface area is 131 Å². The number of nitrogens with one attached hydrogen (secondary N) is 1. The first-order valence-electron chi connectivity index (χ1n) is 7.21. The molecule has 0 aliphatic rings. The number of carbonyl (C=O) groups is 1. The standard InChI is InChI=1S/C14H23ClN2O3S/c1-4-6-8-11(7-5-2)16-14(18)13-9-12(10-17(13)3)21(15,19)20/h9-11H,4-8H2,1-3H3,(H,16,18). The minimum atomic E-state index is -3.82. The molecule has 1 aromatic rings. The first-order valence-corrected chi connectivity index (χ1v) is 9.52. The molecular formula is C14H23ClN2O3S. The summed E-state index contributed by atoms with van der Waals surface area (Å²) < 4.78 is 24.1. The van der Waals surface area contributed by atoms with Crippen molar-refractivity contribution in [3.8, 4) is 0 Å². The fourth-order valence-corrected chi connectivity index (χ4v) is 3.03. The number of carbonyl (C=O) groups excluding carboxylic acids is 1. The number of rotatable bonds is 8. The van der Waals surface area contributed by atoms with E-state index in [1.807, 2.05) is 0 Å². The molecule has 1 atom stereocenters. The minimum Gasteiger partial charge on any atom is -0.348 e. The molecule has 7 heteroatoms. The number of nitrogens with zero attached hydrogens (tertiary/aromatic N) is 1. The molecule has 0 aliphatic heterocycles. The normalized spacial score (nSPS) is 13.1. The molecule has 1 rings (SSSR count). The van der Waals surface area contributed by atoms with E-state index in [0.29, 0.717) is 5.69 Å². The maximum absolute atomic E-state index is 12.3. The summed E-state index contributed by atoms with van der Waals surface area (Å²) in [7, 11) is 3.11. The fraction of sp³-hybridized carbons (Fsp3) is 0.643. The number of amides is 1. The molecule has 0 bridgehead atoms. The molecule has 0 aliphatic carbocycles. The third-order valence-corrected chi connectivity index (χ3v) is 4.69. The molecule has 21 heavy (non-hydrogen) atoms. The maximum Gasteiger partial charge on any atom is 0.268 e. The van der Waals surface area contributed by atoms with Crippen LogP contribution in [-0.4, -0.2) is 24.9 Å². The van der Waals surface area contributed by atoms with Crippen LogP contribution in [0.25, 0.3) is 0 Å². The number of unbranched alkanes of at least 4 members (excludes halogenated alkanes) is 1. The minimum absolute atomic E-state index is 0.0579. The Balaban J connectivity index is 2.85. The van der Waals surface area contributed by atoms with E-state index in [0.717, 1.165) is 32.1 Å². The van der Waals surface area contributed by atoms with Gasteiger partial charge in [0.1, 0.15) is 10.6 Å². The molecule has 0 saturated heterocycles. The van der Waals surface area contributed by atoms with Crippen molar-refractivity contribution in [2.75, 3.05) is 0 Å². The molecule has 1 amide bonds. The van der Waals surface area contributed by atoms with Crippen LogP contribution in [0.1, 0.15) is 56.4 Å². The Morgan fingerprint density at radius 2 is 2.00 bits per heavy atom. The van der Waals surface area contributed by atoms with E-state index >= 15 is 0 Å². The van der Waals surface area contributed by atoms with Gasteiger partial charge in [-0.05, 0) is 18.9 Å². The molecule has 0 radical (unpaired) electrons. The summed E-state index contributed by atoms with van der Waals surface area (Å²) in [4.78, 5) is 12.2. The second-order valence-electron chi connectivity index (χ2n) is 5.21. The van der Waals surface area contributed by atoms with Gasteiger partial charge in [0.15, 0.2) is 0 Å². The lowest BCUT2D eigenvalue weighted by atomic mass is 10.1. The summed E-state index contributed by atoms with van der Waals surface area (Å²) in [5.41, 5.74) is 0.298. The largest absolute Gasteiger partial charge is 0.348 e. The lowest BCUT2D eigenvalue weighted by Crippen LogP contribution is -2.35. The van der Waals surface area contributed by atoms with Gasteiger partial charge in [-0.25, -0.2) is 8.42 Å². The monoisotopic (exact) mass is 334 g/mol. The lowest BCUT2D eigenvalue weighted by Gasteiger charge is -2.18. The van der Waals surface area contributed by atoms with Gasteiger partial charge in [-0.3, -0.25) is 4.79 Å². The van der Waals surface area contributed by atoms with Gasteiger partial charge in [-0.2, -0.15) is 0 Å². The van der Waals surface area contributed by atoms with Gasteiger partial charge in [0.2, 0.25) is 0 Å². The van der Waals surface area contributed by atoms with Crippen molar-refractivity contribution in [1.29, 1.82) is 0 Å². The third kappa shape index (κ3) is 5.36. The highest BCUT2D eigenvalue weighted by atomic mass is 35.7. The zero-order chi connectivity index (χ0) is 16.0. The zero-order valence-electron chi connectivity index (χ0n) is 12.7. The van der Waals surface area contributed by atoms with Crippen LogP contribution in [0.4, 0.5) is 0 Å². The van der Waals surface area contributed by atoms with Crippen molar-refractivity contribution in [2.24, 2.45) is 7.05 Å². The Morgan fingerprint density at radius 1 is 1.33 bits per heavy atom. The summed E-state index contributed by atoms with van der Waals surface area (Å²) in [5, 5.41) is 2.98. The Morgan fingerprint density at radius 3 is 2.48 bits per heavy atom. The molecule has 0 aromatic carbocycles. The van der Waals surface area contributed by atoms with E-state index in [2.05, 4.69) is 19.2 Å². The highest BCUT2D eigenvalue weighted by Gasteiger charge is 2.20. The molecule has 1 unspecified atom stereocenters. The summed E-state index contributed by atoms with van der Waals surface area (Å²) in [6.45, 7) is 4.19. The van der Waals surface area contributed by atoms with Crippen molar-refractivity contribution in [3.05, 3.63) is 18.0 Å². The van der Waals surface area contributed by atoms with Gasteiger partial charge in [0.25, 0.3) is 15.0 Å².